The number of hydrogen-bond donors (Lipinski definition) is 2. The smallest absolute Gasteiger partial charge is 0.256 e. The summed E-state index contributed by atoms with van der Waals surface area (Å²) in [7, 11) is 0. The molecule has 2 N–H and O–H groups in total. The minimum absolute atomic E-state index is 0.0774. The lowest BCUT2D eigenvalue weighted by Gasteiger charge is -2.19. The van der Waals surface area contributed by atoms with Crippen LogP contribution in [0.25, 0.3) is 0 Å². The fourth-order valence-corrected chi connectivity index (χ4v) is 1.98. The number of carbonyl (C=O) groups excluding carboxylic acids is 1. The summed E-state index contributed by atoms with van der Waals surface area (Å²) < 4.78 is 0. The van der Waals surface area contributed by atoms with Gasteiger partial charge in [0, 0.05) is 11.1 Å². The van der Waals surface area contributed by atoms with Gasteiger partial charge in [-0.05, 0) is 23.1 Å². The zero-order valence-corrected chi connectivity index (χ0v) is 12.6. The van der Waals surface area contributed by atoms with Crippen LogP contribution < -0.4 is 5.32 Å². The van der Waals surface area contributed by atoms with Gasteiger partial charge in [0.05, 0.1) is 0 Å². The summed E-state index contributed by atoms with van der Waals surface area (Å²) in [6, 6.07) is 16.6. The van der Waals surface area contributed by atoms with Crippen molar-refractivity contribution >= 4 is 11.7 Å². The van der Waals surface area contributed by atoms with Gasteiger partial charge in [-0.2, -0.15) is 0 Å². The van der Waals surface area contributed by atoms with Crippen LogP contribution in [0.4, 0.5) is 0 Å². The lowest BCUT2D eigenvalue weighted by Crippen LogP contribution is -2.30. The molecule has 0 aromatic heterocycles. The second kappa shape index (κ2) is 5.92. The average Bonchev–Trinajstić information content (AvgIpc) is 2.47. The molecule has 1 amide bonds. The summed E-state index contributed by atoms with van der Waals surface area (Å²) >= 11 is 0. The van der Waals surface area contributed by atoms with Crippen molar-refractivity contribution in [1.82, 2.24) is 5.32 Å². The van der Waals surface area contributed by atoms with Crippen molar-refractivity contribution in [3.63, 3.8) is 0 Å². The number of carbonyl (C=O) groups is 1. The van der Waals surface area contributed by atoms with Crippen molar-refractivity contribution in [2.75, 3.05) is 0 Å². The quantitative estimate of drug-likeness (QED) is 0.639. The lowest BCUT2D eigenvalue weighted by atomic mass is 9.86. The van der Waals surface area contributed by atoms with E-state index >= 15 is 0 Å². The molecule has 0 saturated heterocycles. The molecule has 3 nitrogen and oxygen atoms in total. The third-order valence-corrected chi connectivity index (χ3v) is 3.31. The maximum atomic E-state index is 12.0. The lowest BCUT2D eigenvalue weighted by molar-refractivity contribution is 0.0977. The first-order valence-corrected chi connectivity index (χ1v) is 6.94. The van der Waals surface area contributed by atoms with E-state index in [0.717, 1.165) is 0 Å². The van der Waals surface area contributed by atoms with Gasteiger partial charge in [0.1, 0.15) is 5.84 Å². The molecule has 108 valence electrons. The molecule has 0 unspecified atom stereocenters. The van der Waals surface area contributed by atoms with Gasteiger partial charge in [-0.3, -0.25) is 10.2 Å². The Bertz CT molecular complexity index is 637. The van der Waals surface area contributed by atoms with Crippen molar-refractivity contribution < 1.29 is 4.79 Å². The molecule has 0 aliphatic carbocycles. The molecular formula is C18H20N2O. The molecule has 0 heterocycles. The summed E-state index contributed by atoms with van der Waals surface area (Å²) in [6.07, 6.45) is 0. The van der Waals surface area contributed by atoms with Gasteiger partial charge >= 0.3 is 0 Å². The average molecular weight is 280 g/mol. The van der Waals surface area contributed by atoms with E-state index in [0.29, 0.717) is 11.1 Å². The van der Waals surface area contributed by atoms with Gasteiger partial charge in [0.25, 0.3) is 5.91 Å². The predicted molar refractivity (Wildman–Crippen MR) is 85.9 cm³/mol. The molecule has 0 aliphatic rings. The Kier molecular flexibility index (Phi) is 4.22. The standard InChI is InChI=1S/C18H20N2O/c1-18(2,3)15-11-9-13(10-12-15)16(19)20-17(21)14-7-5-4-6-8-14/h4-12H,1-3H3,(H2,19,20,21). The van der Waals surface area contributed by atoms with Gasteiger partial charge in [-0.15, -0.1) is 0 Å². The normalized spacial score (nSPS) is 11.0. The monoisotopic (exact) mass is 280 g/mol. The highest BCUT2D eigenvalue weighted by atomic mass is 16.1. The molecule has 0 fully saturated rings. The molecule has 0 bridgehead atoms. The molecule has 2 rings (SSSR count). The minimum atomic E-state index is -0.263. The summed E-state index contributed by atoms with van der Waals surface area (Å²) in [5, 5.41) is 10.6. The topological polar surface area (TPSA) is 53.0 Å². The van der Waals surface area contributed by atoms with Gasteiger partial charge in [0.2, 0.25) is 0 Å². The number of rotatable bonds is 2. The fraction of sp³-hybridized carbons (Fsp3) is 0.222. The van der Waals surface area contributed by atoms with Crippen molar-refractivity contribution in [1.29, 1.82) is 5.41 Å². The third-order valence-electron chi connectivity index (χ3n) is 3.31. The zero-order chi connectivity index (χ0) is 15.5. The van der Waals surface area contributed by atoms with Crippen molar-refractivity contribution in [2.24, 2.45) is 0 Å². The van der Waals surface area contributed by atoms with E-state index in [4.69, 9.17) is 5.41 Å². The maximum absolute atomic E-state index is 12.0. The van der Waals surface area contributed by atoms with Crippen LogP contribution >= 0.6 is 0 Å². The van der Waals surface area contributed by atoms with Crippen LogP contribution in [0.3, 0.4) is 0 Å². The summed E-state index contributed by atoms with van der Waals surface area (Å²) in [4.78, 5) is 12.0. The number of amides is 1. The Morgan fingerprint density at radius 1 is 0.905 bits per heavy atom. The van der Waals surface area contributed by atoms with Crippen LogP contribution in [0.15, 0.2) is 54.6 Å². The SMILES string of the molecule is CC(C)(C)c1ccc(C(=N)NC(=O)c2ccccc2)cc1. The molecule has 2 aromatic carbocycles. The molecule has 0 saturated carbocycles. The Morgan fingerprint density at radius 2 is 1.48 bits per heavy atom. The summed E-state index contributed by atoms with van der Waals surface area (Å²) in [6.45, 7) is 6.43. The van der Waals surface area contributed by atoms with E-state index in [-0.39, 0.29) is 17.2 Å². The van der Waals surface area contributed by atoms with Crippen LogP contribution in [0.1, 0.15) is 42.3 Å². The Labute approximate surface area is 125 Å². The van der Waals surface area contributed by atoms with Gasteiger partial charge in [-0.25, -0.2) is 0 Å². The van der Waals surface area contributed by atoms with E-state index in [9.17, 15) is 4.79 Å². The highest BCUT2D eigenvalue weighted by Gasteiger charge is 2.14. The van der Waals surface area contributed by atoms with E-state index in [1.54, 1.807) is 24.3 Å². The first-order valence-electron chi connectivity index (χ1n) is 6.94. The van der Waals surface area contributed by atoms with Crippen LogP contribution in [-0.2, 0) is 5.41 Å². The molecule has 2 aromatic rings. The van der Waals surface area contributed by atoms with E-state index < -0.39 is 0 Å². The summed E-state index contributed by atoms with van der Waals surface area (Å²) in [5.74, 6) is -0.148. The number of nitrogens with one attached hydrogen (secondary N) is 2. The second-order valence-electron chi connectivity index (χ2n) is 6.02. The largest absolute Gasteiger partial charge is 0.307 e. The molecule has 21 heavy (non-hydrogen) atoms. The van der Waals surface area contributed by atoms with Crippen LogP contribution in [-0.4, -0.2) is 11.7 Å². The fourth-order valence-electron chi connectivity index (χ4n) is 1.98. The first-order chi connectivity index (χ1) is 9.88. The van der Waals surface area contributed by atoms with Crippen LogP contribution in [0, 0.1) is 5.41 Å². The molecule has 0 aliphatic heterocycles. The molecule has 0 atom stereocenters. The Morgan fingerprint density at radius 3 is 2.00 bits per heavy atom. The molecule has 0 spiro atoms. The molecule has 3 heteroatoms. The first kappa shape index (κ1) is 15.0. The van der Waals surface area contributed by atoms with E-state index in [1.807, 2.05) is 30.3 Å². The van der Waals surface area contributed by atoms with E-state index in [2.05, 4.69) is 26.1 Å². The Hall–Kier alpha value is -2.42. The number of benzene rings is 2. The number of hydrogen-bond acceptors (Lipinski definition) is 2. The third kappa shape index (κ3) is 3.78. The van der Waals surface area contributed by atoms with Crippen molar-refractivity contribution in [3.8, 4) is 0 Å². The summed E-state index contributed by atoms with van der Waals surface area (Å²) in [5.41, 5.74) is 2.53. The molecule has 0 radical (unpaired) electrons. The van der Waals surface area contributed by atoms with Crippen LogP contribution in [0.2, 0.25) is 0 Å². The Balaban J connectivity index is 2.09. The van der Waals surface area contributed by atoms with Gasteiger partial charge in [-0.1, -0.05) is 63.2 Å². The predicted octanol–water partition coefficient (Wildman–Crippen LogP) is 3.74. The minimum Gasteiger partial charge on any atom is -0.307 e. The van der Waals surface area contributed by atoms with Crippen molar-refractivity contribution in [3.05, 3.63) is 71.3 Å². The number of amidine groups is 1. The van der Waals surface area contributed by atoms with Crippen molar-refractivity contribution in [2.45, 2.75) is 26.2 Å². The van der Waals surface area contributed by atoms with Gasteiger partial charge < -0.3 is 5.32 Å². The van der Waals surface area contributed by atoms with Crippen LogP contribution in [0.5, 0.6) is 0 Å². The highest BCUT2D eigenvalue weighted by Crippen LogP contribution is 2.22. The maximum Gasteiger partial charge on any atom is 0.256 e. The van der Waals surface area contributed by atoms with Gasteiger partial charge in [0.15, 0.2) is 0 Å². The zero-order valence-electron chi connectivity index (χ0n) is 12.6. The molecular weight excluding hydrogens is 260 g/mol. The van der Waals surface area contributed by atoms with E-state index in [1.165, 1.54) is 5.56 Å². The second-order valence-corrected chi connectivity index (χ2v) is 6.02. The highest BCUT2D eigenvalue weighted by molar-refractivity contribution is 6.11.